The quantitative estimate of drug-likeness (QED) is 0.910. The minimum absolute atomic E-state index is 0.103. The Balaban J connectivity index is 1.87. The summed E-state index contributed by atoms with van der Waals surface area (Å²) in [5, 5.41) is 2.58. The van der Waals surface area contributed by atoms with Crippen LogP contribution in [0.1, 0.15) is 31.4 Å². The van der Waals surface area contributed by atoms with E-state index in [0.717, 1.165) is 6.54 Å². The van der Waals surface area contributed by atoms with Crippen molar-refractivity contribution in [3.05, 3.63) is 48.0 Å². The van der Waals surface area contributed by atoms with E-state index in [4.69, 9.17) is 5.73 Å². The maximum atomic E-state index is 6.46. The minimum atomic E-state index is 0.103. The number of benzene rings is 2. The maximum absolute atomic E-state index is 6.46. The zero-order valence-electron chi connectivity index (χ0n) is 11.5. The SMILES string of the molecule is CC1CCCN1CC(N)c1cccc2ccccc12. The molecule has 2 aromatic carbocycles. The zero-order chi connectivity index (χ0) is 13.2. The minimum Gasteiger partial charge on any atom is -0.323 e. The topological polar surface area (TPSA) is 29.3 Å². The normalized spacial score (nSPS) is 21.9. The molecule has 1 heterocycles. The molecule has 0 bridgehead atoms. The van der Waals surface area contributed by atoms with Crippen LogP contribution >= 0.6 is 0 Å². The van der Waals surface area contributed by atoms with Crippen molar-refractivity contribution in [1.29, 1.82) is 0 Å². The molecule has 2 N–H and O–H groups in total. The fourth-order valence-electron chi connectivity index (χ4n) is 3.19. The van der Waals surface area contributed by atoms with E-state index in [1.54, 1.807) is 0 Å². The van der Waals surface area contributed by atoms with E-state index in [1.165, 1.54) is 35.7 Å². The Labute approximate surface area is 115 Å². The maximum Gasteiger partial charge on any atom is 0.0430 e. The summed E-state index contributed by atoms with van der Waals surface area (Å²) in [7, 11) is 0. The Bertz CT molecular complexity index is 559. The van der Waals surface area contributed by atoms with Gasteiger partial charge < -0.3 is 5.73 Å². The molecule has 100 valence electrons. The monoisotopic (exact) mass is 254 g/mol. The van der Waals surface area contributed by atoms with Gasteiger partial charge in [-0.15, -0.1) is 0 Å². The van der Waals surface area contributed by atoms with Gasteiger partial charge >= 0.3 is 0 Å². The number of nitrogens with two attached hydrogens (primary N) is 1. The second kappa shape index (κ2) is 5.32. The molecule has 2 atom stereocenters. The van der Waals surface area contributed by atoms with Gasteiger partial charge in [-0.3, -0.25) is 4.90 Å². The fourth-order valence-corrected chi connectivity index (χ4v) is 3.19. The highest BCUT2D eigenvalue weighted by atomic mass is 15.2. The van der Waals surface area contributed by atoms with Crippen LogP contribution in [0.5, 0.6) is 0 Å². The molecule has 0 amide bonds. The Morgan fingerprint density at radius 2 is 2.00 bits per heavy atom. The lowest BCUT2D eigenvalue weighted by atomic mass is 9.99. The molecule has 0 saturated carbocycles. The van der Waals surface area contributed by atoms with Crippen LogP contribution in [0.3, 0.4) is 0 Å². The summed E-state index contributed by atoms with van der Waals surface area (Å²) in [5.74, 6) is 0. The zero-order valence-corrected chi connectivity index (χ0v) is 11.5. The summed E-state index contributed by atoms with van der Waals surface area (Å²) in [6.07, 6.45) is 2.62. The predicted octanol–water partition coefficient (Wildman–Crippen LogP) is 3.32. The van der Waals surface area contributed by atoms with Gasteiger partial charge in [0.05, 0.1) is 0 Å². The number of likely N-dealkylation sites (tertiary alicyclic amines) is 1. The third kappa shape index (κ3) is 2.51. The van der Waals surface area contributed by atoms with Gasteiger partial charge in [-0.1, -0.05) is 42.5 Å². The average Bonchev–Trinajstić information content (AvgIpc) is 2.83. The number of rotatable bonds is 3. The van der Waals surface area contributed by atoms with Crippen LogP contribution in [0, 0.1) is 0 Å². The highest BCUT2D eigenvalue weighted by Gasteiger charge is 2.23. The summed E-state index contributed by atoms with van der Waals surface area (Å²) in [4.78, 5) is 2.52. The standard InChI is InChI=1S/C17H22N2/c1-13-6-5-11-19(13)12-17(18)16-10-4-8-14-7-2-3-9-15(14)16/h2-4,7-10,13,17H,5-6,11-12,18H2,1H3. The first-order valence-electron chi connectivity index (χ1n) is 7.23. The van der Waals surface area contributed by atoms with Crippen LogP contribution in [0.4, 0.5) is 0 Å². The molecule has 2 heteroatoms. The van der Waals surface area contributed by atoms with Crippen molar-refractivity contribution in [2.24, 2.45) is 5.73 Å². The van der Waals surface area contributed by atoms with Gasteiger partial charge in [0.2, 0.25) is 0 Å². The van der Waals surface area contributed by atoms with Crippen molar-refractivity contribution in [1.82, 2.24) is 4.90 Å². The van der Waals surface area contributed by atoms with Gasteiger partial charge in [0.25, 0.3) is 0 Å². The van der Waals surface area contributed by atoms with E-state index in [-0.39, 0.29) is 6.04 Å². The molecular weight excluding hydrogens is 232 g/mol. The lowest BCUT2D eigenvalue weighted by Gasteiger charge is -2.25. The van der Waals surface area contributed by atoms with Crippen LogP contribution in [-0.2, 0) is 0 Å². The summed E-state index contributed by atoms with van der Waals surface area (Å²) < 4.78 is 0. The van der Waals surface area contributed by atoms with E-state index in [2.05, 4.69) is 54.3 Å². The van der Waals surface area contributed by atoms with Crippen LogP contribution in [0.2, 0.25) is 0 Å². The van der Waals surface area contributed by atoms with E-state index in [1.807, 2.05) is 0 Å². The Morgan fingerprint density at radius 1 is 1.21 bits per heavy atom. The van der Waals surface area contributed by atoms with Crippen molar-refractivity contribution in [3.8, 4) is 0 Å². The van der Waals surface area contributed by atoms with Gasteiger partial charge in [-0.05, 0) is 42.6 Å². The molecule has 0 radical (unpaired) electrons. The first-order valence-corrected chi connectivity index (χ1v) is 7.23. The number of fused-ring (bicyclic) bond motifs is 1. The molecule has 3 rings (SSSR count). The van der Waals surface area contributed by atoms with Gasteiger partial charge in [-0.2, -0.15) is 0 Å². The molecule has 2 aromatic rings. The number of nitrogens with zero attached hydrogens (tertiary/aromatic N) is 1. The van der Waals surface area contributed by atoms with Gasteiger partial charge in [-0.25, -0.2) is 0 Å². The van der Waals surface area contributed by atoms with Crippen LogP contribution in [0.15, 0.2) is 42.5 Å². The lowest BCUT2D eigenvalue weighted by Crippen LogP contribution is -2.34. The number of hydrogen-bond acceptors (Lipinski definition) is 2. The molecule has 2 unspecified atom stereocenters. The highest BCUT2D eigenvalue weighted by molar-refractivity contribution is 5.86. The molecular formula is C17H22N2. The van der Waals surface area contributed by atoms with Crippen LogP contribution in [0.25, 0.3) is 10.8 Å². The summed E-state index contributed by atoms with van der Waals surface area (Å²) in [5.41, 5.74) is 7.74. The molecule has 0 spiro atoms. The fraction of sp³-hybridized carbons (Fsp3) is 0.412. The van der Waals surface area contributed by atoms with Crippen LogP contribution in [-0.4, -0.2) is 24.0 Å². The van der Waals surface area contributed by atoms with Gasteiger partial charge in [0.15, 0.2) is 0 Å². The van der Waals surface area contributed by atoms with Crippen molar-refractivity contribution in [2.45, 2.75) is 31.8 Å². The van der Waals surface area contributed by atoms with E-state index >= 15 is 0 Å². The van der Waals surface area contributed by atoms with Gasteiger partial charge in [0.1, 0.15) is 0 Å². The highest BCUT2D eigenvalue weighted by Crippen LogP contribution is 2.25. The molecule has 1 fully saturated rings. The molecule has 19 heavy (non-hydrogen) atoms. The molecule has 1 aliphatic rings. The Hall–Kier alpha value is -1.38. The second-order valence-electron chi connectivity index (χ2n) is 5.66. The first kappa shape index (κ1) is 12.6. The van der Waals surface area contributed by atoms with E-state index < -0.39 is 0 Å². The third-order valence-corrected chi connectivity index (χ3v) is 4.34. The van der Waals surface area contributed by atoms with Crippen molar-refractivity contribution in [2.75, 3.05) is 13.1 Å². The summed E-state index contributed by atoms with van der Waals surface area (Å²) in [6, 6.07) is 15.7. The van der Waals surface area contributed by atoms with Crippen molar-refractivity contribution in [3.63, 3.8) is 0 Å². The number of hydrogen-bond donors (Lipinski definition) is 1. The first-order chi connectivity index (χ1) is 9.25. The van der Waals surface area contributed by atoms with Crippen molar-refractivity contribution < 1.29 is 0 Å². The molecule has 2 nitrogen and oxygen atoms in total. The third-order valence-electron chi connectivity index (χ3n) is 4.34. The smallest absolute Gasteiger partial charge is 0.0430 e. The van der Waals surface area contributed by atoms with E-state index in [9.17, 15) is 0 Å². The summed E-state index contributed by atoms with van der Waals surface area (Å²) in [6.45, 7) is 4.47. The lowest BCUT2D eigenvalue weighted by molar-refractivity contribution is 0.253. The van der Waals surface area contributed by atoms with Crippen molar-refractivity contribution >= 4 is 10.8 Å². The molecule has 1 aliphatic heterocycles. The molecule has 0 aliphatic carbocycles. The Kier molecular flexibility index (Phi) is 3.54. The van der Waals surface area contributed by atoms with E-state index in [0.29, 0.717) is 6.04 Å². The molecule has 1 saturated heterocycles. The van der Waals surface area contributed by atoms with Gasteiger partial charge in [0, 0.05) is 18.6 Å². The summed E-state index contributed by atoms with van der Waals surface area (Å²) >= 11 is 0. The Morgan fingerprint density at radius 3 is 2.79 bits per heavy atom. The predicted molar refractivity (Wildman–Crippen MR) is 81.1 cm³/mol. The average molecular weight is 254 g/mol. The second-order valence-corrected chi connectivity index (χ2v) is 5.66. The molecule has 0 aromatic heterocycles. The van der Waals surface area contributed by atoms with Crippen LogP contribution < -0.4 is 5.73 Å². The largest absolute Gasteiger partial charge is 0.323 e.